The topological polar surface area (TPSA) is 94.1 Å². The third-order valence-corrected chi connectivity index (χ3v) is 5.87. The van der Waals surface area contributed by atoms with E-state index in [1.807, 2.05) is 29.5 Å². The van der Waals surface area contributed by atoms with Crippen LogP contribution in [0.3, 0.4) is 0 Å². The Hall–Kier alpha value is -3.29. The van der Waals surface area contributed by atoms with E-state index in [0.717, 1.165) is 24.2 Å². The van der Waals surface area contributed by atoms with Crippen molar-refractivity contribution < 1.29 is 14.0 Å². The van der Waals surface area contributed by atoms with Crippen molar-refractivity contribution in [3.63, 3.8) is 0 Å². The van der Waals surface area contributed by atoms with Crippen LogP contribution in [0.4, 0.5) is 4.39 Å². The fourth-order valence-electron chi connectivity index (χ4n) is 4.36. The van der Waals surface area contributed by atoms with E-state index in [2.05, 4.69) is 10.1 Å². The zero-order valence-electron chi connectivity index (χ0n) is 17.8. The first kappa shape index (κ1) is 21.0. The predicted octanol–water partition coefficient (Wildman–Crippen LogP) is 3.08. The molecule has 7 nitrogen and oxygen atoms in total. The van der Waals surface area contributed by atoms with Crippen molar-refractivity contribution in [1.82, 2.24) is 19.7 Å². The van der Waals surface area contributed by atoms with Gasteiger partial charge in [0, 0.05) is 43.1 Å². The van der Waals surface area contributed by atoms with E-state index in [-0.39, 0.29) is 11.8 Å². The van der Waals surface area contributed by atoms with Gasteiger partial charge in [-0.15, -0.1) is 0 Å². The van der Waals surface area contributed by atoms with Crippen molar-refractivity contribution in [2.45, 2.75) is 45.6 Å². The van der Waals surface area contributed by atoms with Gasteiger partial charge in [-0.1, -0.05) is 0 Å². The first-order valence-electron chi connectivity index (χ1n) is 10.5. The second-order valence-electron chi connectivity index (χ2n) is 8.20. The van der Waals surface area contributed by atoms with Crippen LogP contribution in [0.2, 0.25) is 0 Å². The lowest BCUT2D eigenvalue weighted by Gasteiger charge is -2.33. The lowest BCUT2D eigenvalue weighted by Crippen LogP contribution is -2.40. The molecule has 162 valence electrons. The fraction of sp³-hybridized carbons (Fsp3) is 0.391. The van der Waals surface area contributed by atoms with Crippen molar-refractivity contribution in [2.75, 3.05) is 13.1 Å². The van der Waals surface area contributed by atoms with Crippen LogP contribution in [0.25, 0.3) is 10.9 Å². The number of halogens is 1. The minimum absolute atomic E-state index is 0.0562. The molecule has 1 fully saturated rings. The number of nitrogens with two attached hydrogens (primary N) is 1. The molecular formula is C23H26FN5O2. The average Bonchev–Trinajstić information content (AvgIpc) is 3.07. The zero-order chi connectivity index (χ0) is 22.1. The Morgan fingerprint density at radius 1 is 1.23 bits per heavy atom. The van der Waals surface area contributed by atoms with Gasteiger partial charge < -0.3 is 10.6 Å². The number of carbonyl (C=O) groups excluding carboxylic acids is 2. The van der Waals surface area contributed by atoms with Crippen LogP contribution in [-0.4, -0.2) is 44.6 Å². The fourth-order valence-corrected chi connectivity index (χ4v) is 4.36. The van der Waals surface area contributed by atoms with E-state index in [0.29, 0.717) is 48.2 Å². The van der Waals surface area contributed by atoms with Crippen LogP contribution in [0, 0.1) is 19.7 Å². The van der Waals surface area contributed by atoms with Crippen LogP contribution in [-0.2, 0) is 11.3 Å². The van der Waals surface area contributed by atoms with Gasteiger partial charge in [0.25, 0.3) is 5.91 Å². The number of carbonyl (C=O) groups is 2. The second kappa shape index (κ2) is 8.45. The quantitative estimate of drug-likeness (QED) is 0.682. The summed E-state index contributed by atoms with van der Waals surface area (Å²) in [4.78, 5) is 31.4. The molecule has 0 unspecified atom stereocenters. The van der Waals surface area contributed by atoms with Gasteiger partial charge in [-0.2, -0.15) is 5.10 Å². The molecule has 3 heterocycles. The van der Waals surface area contributed by atoms with Gasteiger partial charge in [0.1, 0.15) is 5.82 Å². The highest BCUT2D eigenvalue weighted by Gasteiger charge is 2.28. The van der Waals surface area contributed by atoms with Gasteiger partial charge >= 0.3 is 0 Å². The molecule has 0 spiro atoms. The standard InChI is InChI=1S/C23H26FN5O2/c1-14-10-15(2)29(27-14)9-7-21(30)28-8-3-4-16(13-28)22-19(23(25)31)12-17-11-18(24)5-6-20(17)26-22/h5-6,10-12,16H,3-4,7-9,13H2,1-2H3,(H2,25,31)/t16-/m0/s1. The normalized spacial score (nSPS) is 16.6. The molecule has 31 heavy (non-hydrogen) atoms. The lowest BCUT2D eigenvalue weighted by atomic mass is 9.90. The smallest absolute Gasteiger partial charge is 0.250 e. The number of nitrogens with zero attached hydrogens (tertiary/aromatic N) is 4. The van der Waals surface area contributed by atoms with Crippen molar-refractivity contribution in [3.8, 4) is 0 Å². The van der Waals surface area contributed by atoms with E-state index < -0.39 is 11.7 Å². The Morgan fingerprint density at radius 3 is 2.74 bits per heavy atom. The second-order valence-corrected chi connectivity index (χ2v) is 8.20. The summed E-state index contributed by atoms with van der Waals surface area (Å²) in [6, 6.07) is 7.88. The van der Waals surface area contributed by atoms with E-state index in [4.69, 9.17) is 5.73 Å². The number of rotatable bonds is 5. The maximum absolute atomic E-state index is 13.6. The van der Waals surface area contributed by atoms with Crippen molar-refractivity contribution in [1.29, 1.82) is 0 Å². The van der Waals surface area contributed by atoms with E-state index in [9.17, 15) is 14.0 Å². The summed E-state index contributed by atoms with van der Waals surface area (Å²) >= 11 is 0. The van der Waals surface area contributed by atoms with Crippen LogP contribution in [0.1, 0.15) is 52.6 Å². The Balaban J connectivity index is 1.53. The number of aromatic nitrogens is 3. The van der Waals surface area contributed by atoms with E-state index >= 15 is 0 Å². The average molecular weight is 423 g/mol. The molecule has 1 atom stereocenters. The molecule has 0 bridgehead atoms. The molecule has 1 saturated heterocycles. The minimum Gasteiger partial charge on any atom is -0.366 e. The number of benzene rings is 1. The Kier molecular flexibility index (Phi) is 5.71. The molecule has 0 saturated carbocycles. The molecule has 0 aliphatic carbocycles. The van der Waals surface area contributed by atoms with E-state index in [1.54, 1.807) is 12.1 Å². The Bertz CT molecular complexity index is 1160. The van der Waals surface area contributed by atoms with Crippen LogP contribution in [0.5, 0.6) is 0 Å². The third kappa shape index (κ3) is 4.42. The first-order chi connectivity index (χ1) is 14.8. The summed E-state index contributed by atoms with van der Waals surface area (Å²) in [5, 5.41) is 4.95. The Labute approximate surface area is 180 Å². The molecule has 4 rings (SSSR count). The molecule has 3 aromatic rings. The maximum atomic E-state index is 13.6. The molecule has 1 aliphatic heterocycles. The third-order valence-electron chi connectivity index (χ3n) is 5.87. The largest absolute Gasteiger partial charge is 0.366 e. The summed E-state index contributed by atoms with van der Waals surface area (Å²) in [5.74, 6) is -1.03. The molecule has 2 amide bonds. The summed E-state index contributed by atoms with van der Waals surface area (Å²) in [5.41, 5.74) is 9.06. The zero-order valence-corrected chi connectivity index (χ0v) is 17.8. The number of hydrogen-bond acceptors (Lipinski definition) is 4. The predicted molar refractivity (Wildman–Crippen MR) is 115 cm³/mol. The molecule has 1 aromatic carbocycles. The van der Waals surface area contributed by atoms with E-state index in [1.165, 1.54) is 12.1 Å². The van der Waals surface area contributed by atoms with Crippen LogP contribution >= 0.6 is 0 Å². The number of fused-ring (bicyclic) bond motifs is 1. The minimum atomic E-state index is -0.596. The van der Waals surface area contributed by atoms with Crippen molar-refractivity contribution in [3.05, 3.63) is 58.8 Å². The lowest BCUT2D eigenvalue weighted by molar-refractivity contribution is -0.132. The highest BCUT2D eigenvalue weighted by molar-refractivity contribution is 5.97. The van der Waals surface area contributed by atoms with Crippen LogP contribution < -0.4 is 5.73 Å². The highest BCUT2D eigenvalue weighted by atomic mass is 19.1. The van der Waals surface area contributed by atoms with Gasteiger partial charge in [-0.25, -0.2) is 4.39 Å². The molecule has 2 N–H and O–H groups in total. The number of piperidine rings is 1. The summed E-state index contributed by atoms with van der Waals surface area (Å²) < 4.78 is 15.4. The molecule has 8 heteroatoms. The van der Waals surface area contributed by atoms with Gasteiger partial charge in [-0.05, 0) is 57.0 Å². The SMILES string of the molecule is Cc1cc(C)n(CCC(=O)N2CCC[C@H](c3nc4ccc(F)cc4cc3C(N)=O)C2)n1. The van der Waals surface area contributed by atoms with Crippen molar-refractivity contribution >= 4 is 22.7 Å². The number of aryl methyl sites for hydroxylation is 3. The molecule has 1 aliphatic rings. The highest BCUT2D eigenvalue weighted by Crippen LogP contribution is 2.30. The van der Waals surface area contributed by atoms with Gasteiger partial charge in [-0.3, -0.25) is 19.3 Å². The van der Waals surface area contributed by atoms with Gasteiger partial charge in [0.15, 0.2) is 0 Å². The number of primary amides is 1. The van der Waals surface area contributed by atoms with Gasteiger partial charge in [0.05, 0.1) is 22.5 Å². The van der Waals surface area contributed by atoms with Gasteiger partial charge in [0.2, 0.25) is 5.91 Å². The Morgan fingerprint density at radius 2 is 2.03 bits per heavy atom. The van der Waals surface area contributed by atoms with Crippen LogP contribution in [0.15, 0.2) is 30.3 Å². The monoisotopic (exact) mass is 423 g/mol. The molecule has 2 aromatic heterocycles. The summed E-state index contributed by atoms with van der Waals surface area (Å²) in [6.07, 6.45) is 1.99. The van der Waals surface area contributed by atoms with Crippen molar-refractivity contribution in [2.24, 2.45) is 5.73 Å². The summed E-state index contributed by atoms with van der Waals surface area (Å²) in [6.45, 7) is 5.60. The first-order valence-corrected chi connectivity index (χ1v) is 10.5. The number of hydrogen-bond donors (Lipinski definition) is 1. The number of pyridine rings is 1. The number of likely N-dealkylation sites (tertiary alicyclic amines) is 1. The number of amides is 2. The summed E-state index contributed by atoms with van der Waals surface area (Å²) in [7, 11) is 0. The molecule has 0 radical (unpaired) electrons. The maximum Gasteiger partial charge on any atom is 0.250 e. The molecular weight excluding hydrogens is 397 g/mol.